The molecule has 1 heterocycles. The largest absolute Gasteiger partial charge is 0.491 e. The van der Waals surface area contributed by atoms with Crippen LogP contribution in [0.1, 0.15) is 42.7 Å². The molecule has 6 heteroatoms. The van der Waals surface area contributed by atoms with E-state index < -0.39 is 6.04 Å². The molecule has 0 radical (unpaired) electrons. The second kappa shape index (κ2) is 8.33. The molecule has 0 bridgehead atoms. The molecule has 1 atom stereocenters. The van der Waals surface area contributed by atoms with Crippen LogP contribution in [-0.4, -0.2) is 28.9 Å². The summed E-state index contributed by atoms with van der Waals surface area (Å²) in [4.78, 5) is 15.2. The van der Waals surface area contributed by atoms with Crippen molar-refractivity contribution in [1.82, 2.24) is 10.2 Å². The summed E-state index contributed by atoms with van der Waals surface area (Å²) in [5, 5.41) is 4.41. The lowest BCUT2D eigenvalue weighted by molar-refractivity contribution is 0.102. The SMILES string of the molecule is CC1=C(C(=O)c2ccccc2)C(c2cc(Cl)ccc2OC(C)C)NC(=S)N1C. The third-order valence-corrected chi connectivity index (χ3v) is 5.31. The zero-order valence-electron chi connectivity index (χ0n) is 16.3. The van der Waals surface area contributed by atoms with Crippen molar-refractivity contribution in [3.8, 4) is 5.75 Å². The summed E-state index contributed by atoms with van der Waals surface area (Å²) in [5.74, 6) is 0.621. The van der Waals surface area contributed by atoms with Gasteiger partial charge in [-0.2, -0.15) is 0 Å². The molecule has 0 aliphatic carbocycles. The van der Waals surface area contributed by atoms with E-state index in [1.807, 2.05) is 75.2 Å². The number of ether oxygens (including phenoxy) is 1. The number of nitrogens with one attached hydrogen (secondary N) is 1. The maximum absolute atomic E-state index is 13.4. The van der Waals surface area contributed by atoms with E-state index in [-0.39, 0.29) is 11.9 Å². The van der Waals surface area contributed by atoms with Crippen molar-refractivity contribution in [3.05, 3.63) is 76.0 Å². The van der Waals surface area contributed by atoms with E-state index in [0.717, 1.165) is 11.3 Å². The lowest BCUT2D eigenvalue weighted by atomic mass is 9.89. The highest BCUT2D eigenvalue weighted by Crippen LogP contribution is 2.38. The van der Waals surface area contributed by atoms with Crippen LogP contribution < -0.4 is 10.1 Å². The highest BCUT2D eigenvalue weighted by Gasteiger charge is 2.34. The molecule has 0 spiro atoms. The number of allylic oxidation sites excluding steroid dienone is 1. The van der Waals surface area contributed by atoms with Crippen LogP contribution in [-0.2, 0) is 0 Å². The van der Waals surface area contributed by atoms with Crippen LogP contribution >= 0.6 is 23.8 Å². The van der Waals surface area contributed by atoms with Crippen molar-refractivity contribution in [2.75, 3.05) is 7.05 Å². The highest BCUT2D eigenvalue weighted by molar-refractivity contribution is 7.80. The molecule has 1 unspecified atom stereocenters. The molecule has 4 nitrogen and oxygen atoms in total. The first-order valence-electron chi connectivity index (χ1n) is 9.10. The Morgan fingerprint density at radius 1 is 1.21 bits per heavy atom. The first kappa shape index (κ1) is 20.4. The van der Waals surface area contributed by atoms with E-state index in [1.54, 1.807) is 6.07 Å². The van der Waals surface area contributed by atoms with Gasteiger partial charge in [-0.05, 0) is 51.2 Å². The Bertz CT molecular complexity index is 941. The normalized spacial score (nSPS) is 17.0. The lowest BCUT2D eigenvalue weighted by Crippen LogP contribution is -2.46. The van der Waals surface area contributed by atoms with Gasteiger partial charge in [-0.3, -0.25) is 4.79 Å². The van der Waals surface area contributed by atoms with E-state index in [4.69, 9.17) is 28.6 Å². The molecule has 1 N–H and O–H groups in total. The Balaban J connectivity index is 2.17. The van der Waals surface area contributed by atoms with Gasteiger partial charge in [0, 0.05) is 34.5 Å². The molecule has 0 fully saturated rings. The van der Waals surface area contributed by atoms with Crippen molar-refractivity contribution in [2.45, 2.75) is 32.9 Å². The number of thiocarbonyl (C=S) groups is 1. The number of ketones is 1. The number of carbonyl (C=O) groups excluding carboxylic acids is 1. The van der Waals surface area contributed by atoms with E-state index in [2.05, 4.69) is 5.32 Å². The highest BCUT2D eigenvalue weighted by atomic mass is 35.5. The van der Waals surface area contributed by atoms with Crippen molar-refractivity contribution >= 4 is 34.7 Å². The Morgan fingerprint density at radius 2 is 1.89 bits per heavy atom. The summed E-state index contributed by atoms with van der Waals surface area (Å²) in [6.45, 7) is 5.83. The van der Waals surface area contributed by atoms with Gasteiger partial charge < -0.3 is 15.0 Å². The van der Waals surface area contributed by atoms with Gasteiger partial charge in [0.25, 0.3) is 0 Å². The molecule has 1 aliphatic heterocycles. The summed E-state index contributed by atoms with van der Waals surface area (Å²) in [6.07, 6.45) is -0.0171. The van der Waals surface area contributed by atoms with Gasteiger partial charge >= 0.3 is 0 Å². The van der Waals surface area contributed by atoms with Crippen molar-refractivity contribution in [1.29, 1.82) is 0 Å². The predicted molar refractivity (Wildman–Crippen MR) is 117 cm³/mol. The van der Waals surface area contributed by atoms with E-state index in [9.17, 15) is 4.79 Å². The Morgan fingerprint density at radius 3 is 2.54 bits per heavy atom. The van der Waals surface area contributed by atoms with Crippen LogP contribution in [0.3, 0.4) is 0 Å². The van der Waals surface area contributed by atoms with Crippen molar-refractivity contribution < 1.29 is 9.53 Å². The number of hydrogen-bond acceptors (Lipinski definition) is 3. The topological polar surface area (TPSA) is 41.6 Å². The van der Waals surface area contributed by atoms with Crippen LogP contribution in [0.2, 0.25) is 5.02 Å². The zero-order valence-corrected chi connectivity index (χ0v) is 17.9. The molecule has 0 aromatic heterocycles. The number of carbonyl (C=O) groups is 1. The van der Waals surface area contributed by atoms with Gasteiger partial charge in [0.2, 0.25) is 0 Å². The van der Waals surface area contributed by atoms with Crippen LogP contribution in [0.25, 0.3) is 0 Å². The summed E-state index contributed by atoms with van der Waals surface area (Å²) < 4.78 is 6.00. The molecular weight excluding hydrogens is 392 g/mol. The third-order valence-electron chi connectivity index (χ3n) is 4.68. The second-order valence-electron chi connectivity index (χ2n) is 6.98. The molecule has 0 amide bonds. The number of nitrogens with zero attached hydrogens (tertiary/aromatic N) is 1. The third kappa shape index (κ3) is 4.05. The fraction of sp³-hybridized carbons (Fsp3) is 0.273. The van der Waals surface area contributed by atoms with Crippen molar-refractivity contribution in [2.24, 2.45) is 0 Å². The van der Waals surface area contributed by atoms with Gasteiger partial charge in [0.1, 0.15) is 5.75 Å². The maximum Gasteiger partial charge on any atom is 0.193 e. The molecule has 28 heavy (non-hydrogen) atoms. The quantitative estimate of drug-likeness (QED) is 0.541. The fourth-order valence-electron chi connectivity index (χ4n) is 3.21. The van der Waals surface area contributed by atoms with Gasteiger partial charge in [0.05, 0.1) is 12.1 Å². The Labute approximate surface area is 176 Å². The van der Waals surface area contributed by atoms with Gasteiger partial charge in [0.15, 0.2) is 10.9 Å². The molecule has 3 rings (SSSR count). The summed E-state index contributed by atoms with van der Waals surface area (Å²) in [7, 11) is 1.85. The van der Waals surface area contributed by atoms with Gasteiger partial charge in [-0.1, -0.05) is 41.9 Å². The molecule has 1 aliphatic rings. The van der Waals surface area contributed by atoms with Gasteiger partial charge in [-0.15, -0.1) is 0 Å². The Kier molecular flexibility index (Phi) is 6.06. The summed E-state index contributed by atoms with van der Waals surface area (Å²) in [6, 6.07) is 14.2. The minimum Gasteiger partial charge on any atom is -0.491 e. The lowest BCUT2D eigenvalue weighted by Gasteiger charge is -2.36. The number of hydrogen-bond donors (Lipinski definition) is 1. The number of Topliss-reactive ketones (excluding diaryl/α,β-unsaturated/α-hetero) is 1. The number of halogens is 1. The van der Waals surface area contributed by atoms with Crippen LogP contribution in [0.15, 0.2) is 59.8 Å². The van der Waals surface area contributed by atoms with Gasteiger partial charge in [-0.25, -0.2) is 0 Å². The van der Waals surface area contributed by atoms with E-state index in [1.165, 1.54) is 0 Å². The standard InChI is InChI=1S/C22H23ClN2O2S/c1-13(2)27-18-11-10-16(23)12-17(18)20-19(14(3)25(4)22(28)24-20)21(26)15-8-6-5-7-9-15/h5-13,20H,1-4H3,(H,24,28). The molecule has 2 aromatic rings. The average Bonchev–Trinajstić information content (AvgIpc) is 2.67. The smallest absolute Gasteiger partial charge is 0.193 e. The molecule has 2 aromatic carbocycles. The average molecular weight is 415 g/mol. The number of rotatable bonds is 5. The summed E-state index contributed by atoms with van der Waals surface area (Å²) in [5.41, 5.74) is 2.84. The first-order chi connectivity index (χ1) is 13.3. The monoisotopic (exact) mass is 414 g/mol. The summed E-state index contributed by atoms with van der Waals surface area (Å²) >= 11 is 11.8. The fourth-order valence-corrected chi connectivity index (χ4v) is 3.65. The van der Waals surface area contributed by atoms with Crippen molar-refractivity contribution in [3.63, 3.8) is 0 Å². The van der Waals surface area contributed by atoms with E-state index in [0.29, 0.717) is 27.0 Å². The maximum atomic E-state index is 13.4. The molecule has 146 valence electrons. The minimum atomic E-state index is -0.455. The van der Waals surface area contributed by atoms with E-state index >= 15 is 0 Å². The van der Waals surface area contributed by atoms with Crippen LogP contribution in [0, 0.1) is 0 Å². The van der Waals surface area contributed by atoms with Crippen LogP contribution in [0.5, 0.6) is 5.75 Å². The van der Waals surface area contributed by atoms with Crippen LogP contribution in [0.4, 0.5) is 0 Å². The predicted octanol–water partition coefficient (Wildman–Crippen LogP) is 5.15. The molecular formula is C22H23ClN2O2S. The Hall–Kier alpha value is -2.37. The molecule has 0 saturated heterocycles. The minimum absolute atomic E-state index is 0.0171. The first-order valence-corrected chi connectivity index (χ1v) is 9.89. The second-order valence-corrected chi connectivity index (χ2v) is 7.81. The number of benzene rings is 2. The zero-order chi connectivity index (χ0) is 20.4. The molecule has 0 saturated carbocycles.